The van der Waals surface area contributed by atoms with E-state index >= 15 is 0 Å². The van der Waals surface area contributed by atoms with Crippen molar-refractivity contribution in [3.63, 3.8) is 0 Å². The van der Waals surface area contributed by atoms with E-state index in [1.54, 1.807) is 6.07 Å². The summed E-state index contributed by atoms with van der Waals surface area (Å²) in [5.74, 6) is -3.71. The van der Waals surface area contributed by atoms with Crippen LogP contribution in [-0.4, -0.2) is 72.4 Å². The van der Waals surface area contributed by atoms with Gasteiger partial charge < -0.3 is 25.5 Å². The maximum Gasteiger partial charge on any atom is 0.490 e. The first-order valence-corrected chi connectivity index (χ1v) is 11.3. The largest absolute Gasteiger partial charge is 0.490 e. The third kappa shape index (κ3) is 6.94. The number of likely N-dealkylation sites (tertiary alicyclic amines) is 1. The number of carboxylic acids is 1. The van der Waals surface area contributed by atoms with E-state index in [2.05, 4.69) is 15.5 Å². The van der Waals surface area contributed by atoms with Gasteiger partial charge in [0.1, 0.15) is 17.2 Å². The lowest BCUT2D eigenvalue weighted by molar-refractivity contribution is -0.192. The Morgan fingerprint density at radius 1 is 1.03 bits per heavy atom. The molecule has 2 aliphatic rings. The molecule has 2 aromatic carbocycles. The van der Waals surface area contributed by atoms with Gasteiger partial charge in [-0.2, -0.15) is 13.2 Å². The number of carbonyl (C=O) groups is 3. The molecule has 0 aromatic heterocycles. The summed E-state index contributed by atoms with van der Waals surface area (Å²) in [6.45, 7) is 2.89. The van der Waals surface area contributed by atoms with Crippen LogP contribution >= 0.6 is 0 Å². The van der Waals surface area contributed by atoms with E-state index in [1.807, 2.05) is 11.0 Å². The molecular formula is C24H25F5N4O4. The molecule has 2 heterocycles. The topological polar surface area (TPSA) is 102 Å². The second kappa shape index (κ2) is 11.5. The number of piperidine rings is 1. The van der Waals surface area contributed by atoms with Gasteiger partial charge in [0, 0.05) is 37.4 Å². The summed E-state index contributed by atoms with van der Waals surface area (Å²) in [5, 5.41) is 12.9. The Bertz CT molecular complexity index is 1120. The molecule has 0 unspecified atom stereocenters. The van der Waals surface area contributed by atoms with Crippen LogP contribution in [0.5, 0.6) is 0 Å². The standard InChI is InChI=1S/C22H24F2N4O2.C2HF3O2/c23-17-6-4-16(5-7-17)20(29)25-10-13-27-11-8-22(9-12-27)21(30)26-15-28(22)19-3-1-2-18(24)14-19;3-2(4,5)1(6)7/h1-7,14H,8-13,15H2,(H,25,29)(H,26,30);(H,6,7). The van der Waals surface area contributed by atoms with Gasteiger partial charge in [0.25, 0.3) is 5.91 Å². The van der Waals surface area contributed by atoms with Gasteiger partial charge >= 0.3 is 12.1 Å². The van der Waals surface area contributed by atoms with Crippen LogP contribution in [0.15, 0.2) is 48.5 Å². The summed E-state index contributed by atoms with van der Waals surface area (Å²) in [6.07, 6.45) is -3.83. The van der Waals surface area contributed by atoms with E-state index in [4.69, 9.17) is 9.90 Å². The molecule has 2 aliphatic heterocycles. The Morgan fingerprint density at radius 2 is 1.65 bits per heavy atom. The Labute approximate surface area is 209 Å². The molecule has 13 heteroatoms. The molecule has 0 saturated carbocycles. The van der Waals surface area contributed by atoms with Crippen LogP contribution in [0.3, 0.4) is 0 Å². The third-order valence-corrected chi connectivity index (χ3v) is 6.20. The minimum Gasteiger partial charge on any atom is -0.475 e. The maximum atomic E-state index is 13.7. The fraction of sp³-hybridized carbons (Fsp3) is 0.375. The van der Waals surface area contributed by atoms with Gasteiger partial charge in [-0.05, 0) is 55.3 Å². The van der Waals surface area contributed by atoms with Crippen molar-refractivity contribution in [1.29, 1.82) is 0 Å². The van der Waals surface area contributed by atoms with Crippen molar-refractivity contribution in [2.24, 2.45) is 0 Å². The molecule has 2 saturated heterocycles. The second-order valence-corrected chi connectivity index (χ2v) is 8.51. The number of anilines is 1. The van der Waals surface area contributed by atoms with E-state index in [0.717, 1.165) is 0 Å². The van der Waals surface area contributed by atoms with Gasteiger partial charge in [0.2, 0.25) is 5.91 Å². The molecule has 0 aliphatic carbocycles. The van der Waals surface area contributed by atoms with Crippen LogP contribution in [0, 0.1) is 11.6 Å². The monoisotopic (exact) mass is 528 g/mol. The van der Waals surface area contributed by atoms with Gasteiger partial charge in [0.05, 0.1) is 6.67 Å². The zero-order valence-electron chi connectivity index (χ0n) is 19.5. The SMILES string of the molecule is O=C(NCCN1CCC2(CC1)C(=O)NCN2c1cccc(F)c1)c1ccc(F)cc1.O=C(O)C(F)(F)F. The fourth-order valence-corrected chi connectivity index (χ4v) is 4.25. The highest BCUT2D eigenvalue weighted by Crippen LogP contribution is 2.36. The molecule has 2 amide bonds. The number of rotatable bonds is 5. The first-order chi connectivity index (χ1) is 17.4. The van der Waals surface area contributed by atoms with Crippen molar-refractivity contribution in [3.05, 3.63) is 65.7 Å². The summed E-state index contributed by atoms with van der Waals surface area (Å²) < 4.78 is 58.4. The zero-order chi connectivity index (χ0) is 27.2. The molecule has 0 atom stereocenters. The van der Waals surface area contributed by atoms with E-state index in [-0.39, 0.29) is 23.4 Å². The van der Waals surface area contributed by atoms with Crippen LogP contribution in [0.2, 0.25) is 0 Å². The molecule has 0 bridgehead atoms. The lowest BCUT2D eigenvalue weighted by Crippen LogP contribution is -2.57. The normalized spacial score (nSPS) is 17.1. The Hall–Kier alpha value is -3.74. The molecule has 8 nitrogen and oxygen atoms in total. The minimum atomic E-state index is -5.08. The van der Waals surface area contributed by atoms with Crippen molar-refractivity contribution in [1.82, 2.24) is 15.5 Å². The number of carboxylic acid groups (broad SMARTS) is 1. The predicted octanol–water partition coefficient (Wildman–Crippen LogP) is 2.76. The highest BCUT2D eigenvalue weighted by Gasteiger charge is 2.50. The van der Waals surface area contributed by atoms with Gasteiger partial charge in [-0.3, -0.25) is 9.59 Å². The average Bonchev–Trinajstić information content (AvgIpc) is 3.16. The number of hydrogen-bond donors (Lipinski definition) is 3. The van der Waals surface area contributed by atoms with Crippen LogP contribution in [0.1, 0.15) is 23.2 Å². The lowest BCUT2D eigenvalue weighted by Gasteiger charge is -2.43. The number of carbonyl (C=O) groups excluding carboxylic acids is 2. The smallest absolute Gasteiger partial charge is 0.475 e. The highest BCUT2D eigenvalue weighted by molar-refractivity contribution is 5.94. The second-order valence-electron chi connectivity index (χ2n) is 8.51. The number of benzene rings is 2. The zero-order valence-corrected chi connectivity index (χ0v) is 19.5. The first-order valence-electron chi connectivity index (χ1n) is 11.3. The summed E-state index contributed by atoms with van der Waals surface area (Å²) in [7, 11) is 0. The summed E-state index contributed by atoms with van der Waals surface area (Å²) in [4.78, 5) is 37.9. The van der Waals surface area contributed by atoms with E-state index in [0.29, 0.717) is 56.9 Å². The molecule has 37 heavy (non-hydrogen) atoms. The van der Waals surface area contributed by atoms with Crippen molar-refractivity contribution in [2.75, 3.05) is 37.7 Å². The molecule has 3 N–H and O–H groups in total. The molecule has 4 rings (SSSR count). The minimum absolute atomic E-state index is 0.0176. The van der Waals surface area contributed by atoms with Crippen molar-refractivity contribution in [3.8, 4) is 0 Å². The highest BCUT2D eigenvalue weighted by atomic mass is 19.4. The first kappa shape index (κ1) is 27.8. The molecule has 2 fully saturated rings. The Morgan fingerprint density at radius 3 is 2.22 bits per heavy atom. The summed E-state index contributed by atoms with van der Waals surface area (Å²) in [6, 6.07) is 11.8. The van der Waals surface area contributed by atoms with Crippen LogP contribution in [-0.2, 0) is 9.59 Å². The van der Waals surface area contributed by atoms with E-state index in [9.17, 15) is 31.5 Å². The van der Waals surface area contributed by atoms with Gasteiger partial charge in [-0.25, -0.2) is 13.6 Å². The van der Waals surface area contributed by atoms with Crippen LogP contribution in [0.25, 0.3) is 0 Å². The number of halogens is 5. The number of aliphatic carboxylic acids is 1. The maximum absolute atomic E-state index is 13.7. The molecule has 200 valence electrons. The van der Waals surface area contributed by atoms with Crippen molar-refractivity contribution in [2.45, 2.75) is 24.6 Å². The fourth-order valence-electron chi connectivity index (χ4n) is 4.25. The third-order valence-electron chi connectivity index (χ3n) is 6.20. The van der Waals surface area contributed by atoms with E-state index < -0.39 is 17.7 Å². The predicted molar refractivity (Wildman–Crippen MR) is 123 cm³/mol. The molecule has 2 aromatic rings. The van der Waals surface area contributed by atoms with Gasteiger partial charge in [0.15, 0.2) is 0 Å². The molecule has 1 spiro atoms. The van der Waals surface area contributed by atoms with Gasteiger partial charge in [-0.15, -0.1) is 0 Å². The van der Waals surface area contributed by atoms with Crippen molar-refractivity contribution >= 4 is 23.5 Å². The molecular weight excluding hydrogens is 503 g/mol. The number of hydrogen-bond acceptors (Lipinski definition) is 5. The quantitative estimate of drug-likeness (QED) is 0.516. The number of nitrogens with zero attached hydrogens (tertiary/aromatic N) is 2. The number of alkyl halides is 3. The molecule has 0 radical (unpaired) electrons. The van der Waals surface area contributed by atoms with E-state index in [1.165, 1.54) is 36.4 Å². The summed E-state index contributed by atoms with van der Waals surface area (Å²) >= 11 is 0. The Kier molecular flexibility index (Phi) is 8.69. The van der Waals surface area contributed by atoms with Gasteiger partial charge in [-0.1, -0.05) is 6.07 Å². The van der Waals surface area contributed by atoms with Crippen LogP contribution in [0.4, 0.5) is 27.6 Å². The van der Waals surface area contributed by atoms with Crippen molar-refractivity contribution < 1.29 is 41.4 Å². The Balaban J connectivity index is 0.000000479. The number of amides is 2. The van der Waals surface area contributed by atoms with Crippen LogP contribution < -0.4 is 15.5 Å². The number of nitrogens with one attached hydrogen (secondary N) is 2. The average molecular weight is 528 g/mol. The summed E-state index contributed by atoms with van der Waals surface area (Å²) in [5.41, 5.74) is 0.456. The lowest BCUT2D eigenvalue weighted by atomic mass is 9.85.